The zero-order chi connectivity index (χ0) is 17.6. The summed E-state index contributed by atoms with van der Waals surface area (Å²) in [6.07, 6.45) is 4.23. The first-order valence-corrected chi connectivity index (χ1v) is 10.9. The molecule has 0 spiro atoms. The first-order chi connectivity index (χ1) is 11.9. The molecule has 0 aromatic heterocycles. The Bertz CT molecular complexity index is 933. The minimum atomic E-state index is -3.07. The van der Waals surface area contributed by atoms with Gasteiger partial charge in [0, 0.05) is 5.56 Å². The van der Waals surface area contributed by atoms with E-state index in [-0.39, 0.29) is 23.5 Å². The number of hydrogen-bond acceptors (Lipinski definition) is 6. The topological polar surface area (TPSA) is 63.7 Å². The predicted molar refractivity (Wildman–Crippen MR) is 102 cm³/mol. The average Bonchev–Trinajstić information content (AvgIpc) is 3.06. The van der Waals surface area contributed by atoms with Crippen LogP contribution in [0.3, 0.4) is 0 Å². The number of ether oxygens (including phenoxy) is 1. The Kier molecular flexibility index (Phi) is 4.21. The minimum absolute atomic E-state index is 0.00803. The molecule has 25 heavy (non-hydrogen) atoms. The smallest absolute Gasteiger partial charge is 0.266 e. The predicted octanol–water partition coefficient (Wildman–Crippen LogP) is 2.39. The third-order valence-electron chi connectivity index (χ3n) is 4.37. The Hall–Kier alpha value is -1.64. The summed E-state index contributed by atoms with van der Waals surface area (Å²) in [7, 11) is -3.07. The van der Waals surface area contributed by atoms with Gasteiger partial charge in [0.15, 0.2) is 9.84 Å². The molecule has 3 heterocycles. The SMILES string of the molecule is O=C1/C(=C/C2=Cc3ccccc3OC2)SC(=S)N1[C@H]1CCS(=O)(=O)C1. The molecule has 0 aliphatic carbocycles. The molecule has 5 nitrogen and oxygen atoms in total. The van der Waals surface area contributed by atoms with Gasteiger partial charge in [-0.3, -0.25) is 9.69 Å². The molecular formula is C17H15NO4S3. The molecule has 130 valence electrons. The highest BCUT2D eigenvalue weighted by Crippen LogP contribution is 2.36. The van der Waals surface area contributed by atoms with Crippen molar-refractivity contribution in [1.82, 2.24) is 4.90 Å². The molecule has 4 rings (SSSR count). The second-order valence-electron chi connectivity index (χ2n) is 6.15. The monoisotopic (exact) mass is 393 g/mol. The summed E-state index contributed by atoms with van der Waals surface area (Å²) in [6, 6.07) is 7.36. The van der Waals surface area contributed by atoms with Crippen LogP contribution in [0.2, 0.25) is 0 Å². The van der Waals surface area contributed by atoms with E-state index in [1.807, 2.05) is 30.3 Å². The molecule has 3 aliphatic heterocycles. The number of hydrogen-bond donors (Lipinski definition) is 0. The van der Waals surface area contributed by atoms with Crippen molar-refractivity contribution < 1.29 is 17.9 Å². The number of nitrogens with zero attached hydrogens (tertiary/aromatic N) is 1. The highest BCUT2D eigenvalue weighted by molar-refractivity contribution is 8.26. The Morgan fingerprint density at radius 3 is 2.88 bits per heavy atom. The van der Waals surface area contributed by atoms with Gasteiger partial charge in [-0.15, -0.1) is 0 Å². The number of rotatable bonds is 2. The maximum Gasteiger partial charge on any atom is 0.266 e. The summed E-state index contributed by atoms with van der Waals surface area (Å²) in [5.74, 6) is 0.718. The van der Waals surface area contributed by atoms with Crippen molar-refractivity contribution in [1.29, 1.82) is 0 Å². The van der Waals surface area contributed by atoms with E-state index in [0.29, 0.717) is 22.3 Å². The van der Waals surface area contributed by atoms with Crippen LogP contribution in [0.5, 0.6) is 5.75 Å². The molecule has 2 fully saturated rings. The van der Waals surface area contributed by atoms with Crippen LogP contribution in [0, 0.1) is 0 Å². The van der Waals surface area contributed by atoms with E-state index in [0.717, 1.165) is 16.9 Å². The van der Waals surface area contributed by atoms with Crippen LogP contribution in [-0.4, -0.2) is 47.7 Å². The molecule has 3 aliphatic rings. The number of thiocarbonyl (C=S) groups is 1. The zero-order valence-electron chi connectivity index (χ0n) is 13.2. The molecule has 1 aromatic rings. The van der Waals surface area contributed by atoms with Crippen LogP contribution in [0.4, 0.5) is 0 Å². The van der Waals surface area contributed by atoms with Crippen molar-refractivity contribution in [3.63, 3.8) is 0 Å². The molecule has 0 bridgehead atoms. The second-order valence-corrected chi connectivity index (χ2v) is 10.1. The number of carbonyl (C=O) groups is 1. The summed E-state index contributed by atoms with van der Waals surface area (Å²) in [5, 5.41) is 0. The number of thioether (sulfide) groups is 1. The maximum absolute atomic E-state index is 12.7. The van der Waals surface area contributed by atoms with Crippen molar-refractivity contribution in [3.05, 3.63) is 46.4 Å². The number of para-hydroxylation sites is 1. The summed E-state index contributed by atoms with van der Waals surface area (Å²) >= 11 is 6.54. The molecule has 0 unspecified atom stereocenters. The van der Waals surface area contributed by atoms with E-state index < -0.39 is 9.84 Å². The van der Waals surface area contributed by atoms with Crippen LogP contribution in [-0.2, 0) is 14.6 Å². The summed E-state index contributed by atoms with van der Waals surface area (Å²) in [5.41, 5.74) is 1.86. The fourth-order valence-electron chi connectivity index (χ4n) is 3.16. The van der Waals surface area contributed by atoms with E-state index in [4.69, 9.17) is 17.0 Å². The van der Waals surface area contributed by atoms with Crippen molar-refractivity contribution in [2.24, 2.45) is 0 Å². The van der Waals surface area contributed by atoms with Gasteiger partial charge in [0.1, 0.15) is 16.7 Å². The van der Waals surface area contributed by atoms with E-state index in [9.17, 15) is 13.2 Å². The number of sulfone groups is 1. The van der Waals surface area contributed by atoms with E-state index >= 15 is 0 Å². The molecule has 0 saturated carbocycles. The Morgan fingerprint density at radius 1 is 1.32 bits per heavy atom. The Balaban J connectivity index is 1.58. The van der Waals surface area contributed by atoms with Crippen molar-refractivity contribution in [2.75, 3.05) is 18.1 Å². The lowest BCUT2D eigenvalue weighted by molar-refractivity contribution is -0.123. The third kappa shape index (κ3) is 3.26. The van der Waals surface area contributed by atoms with Crippen molar-refractivity contribution in [3.8, 4) is 5.75 Å². The van der Waals surface area contributed by atoms with E-state index in [1.54, 1.807) is 6.08 Å². The van der Waals surface area contributed by atoms with Crippen molar-refractivity contribution >= 4 is 50.1 Å². The van der Waals surface area contributed by atoms with Gasteiger partial charge in [-0.2, -0.15) is 0 Å². The van der Waals surface area contributed by atoms with Crippen molar-refractivity contribution in [2.45, 2.75) is 12.5 Å². The molecular weight excluding hydrogens is 378 g/mol. The lowest BCUT2D eigenvalue weighted by Gasteiger charge is -2.21. The number of amides is 1. The lowest BCUT2D eigenvalue weighted by atomic mass is 10.1. The molecule has 0 radical (unpaired) electrons. The van der Waals surface area contributed by atoms with E-state index in [2.05, 4.69) is 0 Å². The first kappa shape index (κ1) is 16.8. The third-order valence-corrected chi connectivity index (χ3v) is 7.45. The van der Waals surface area contributed by atoms with Gasteiger partial charge in [-0.25, -0.2) is 8.42 Å². The second kappa shape index (κ2) is 6.26. The lowest BCUT2D eigenvalue weighted by Crippen LogP contribution is -2.39. The maximum atomic E-state index is 12.7. The van der Waals surface area contributed by atoms with Crippen LogP contribution in [0.25, 0.3) is 6.08 Å². The summed E-state index contributed by atoms with van der Waals surface area (Å²) in [6.45, 7) is 0.388. The number of fused-ring (bicyclic) bond motifs is 1. The van der Waals surface area contributed by atoms with Crippen LogP contribution in [0.15, 0.2) is 40.8 Å². The van der Waals surface area contributed by atoms with Gasteiger partial charge in [0.25, 0.3) is 5.91 Å². The van der Waals surface area contributed by atoms with Gasteiger partial charge in [0.2, 0.25) is 0 Å². The normalized spacial score (nSPS) is 26.6. The highest BCUT2D eigenvalue weighted by Gasteiger charge is 2.42. The zero-order valence-corrected chi connectivity index (χ0v) is 15.6. The van der Waals surface area contributed by atoms with Gasteiger partial charge in [-0.1, -0.05) is 42.2 Å². The fourth-order valence-corrected chi connectivity index (χ4v) is 6.27. The standard InChI is InChI=1S/C17H15NO4S3/c19-16-15(8-11-7-12-3-1-2-4-14(12)22-9-11)24-17(23)18(16)13-5-6-25(20,21)10-13/h1-4,7-8,13H,5-6,9-10H2/b15-8-/t13-/m0/s1. The number of carbonyl (C=O) groups excluding carboxylic acids is 1. The van der Waals surface area contributed by atoms with Crippen LogP contribution < -0.4 is 4.74 Å². The van der Waals surface area contributed by atoms with Gasteiger partial charge in [0.05, 0.1) is 22.5 Å². The summed E-state index contributed by atoms with van der Waals surface area (Å²) in [4.78, 5) is 14.7. The molecule has 8 heteroatoms. The van der Waals surface area contributed by atoms with E-state index in [1.165, 1.54) is 16.7 Å². The van der Waals surface area contributed by atoms with Gasteiger partial charge < -0.3 is 4.74 Å². The first-order valence-electron chi connectivity index (χ1n) is 7.83. The van der Waals surface area contributed by atoms with Crippen LogP contribution in [0.1, 0.15) is 12.0 Å². The Morgan fingerprint density at radius 2 is 2.12 bits per heavy atom. The molecule has 1 aromatic carbocycles. The highest BCUT2D eigenvalue weighted by atomic mass is 32.2. The molecule has 1 amide bonds. The van der Waals surface area contributed by atoms with Crippen LogP contribution >= 0.6 is 24.0 Å². The molecule has 1 atom stereocenters. The quantitative estimate of drug-likeness (QED) is 0.568. The van der Waals surface area contributed by atoms with Gasteiger partial charge >= 0.3 is 0 Å². The largest absolute Gasteiger partial charge is 0.488 e. The Labute approximate surface area is 155 Å². The average molecular weight is 394 g/mol. The number of benzene rings is 1. The molecule has 0 N–H and O–H groups in total. The minimum Gasteiger partial charge on any atom is -0.488 e. The summed E-state index contributed by atoms with van der Waals surface area (Å²) < 4.78 is 29.5. The molecule has 2 saturated heterocycles. The fraction of sp³-hybridized carbons (Fsp3) is 0.294. The van der Waals surface area contributed by atoms with Gasteiger partial charge in [-0.05, 0) is 30.2 Å².